The van der Waals surface area contributed by atoms with Gasteiger partial charge < -0.3 is 4.90 Å². The molecule has 0 aromatic heterocycles. The number of sulfonamides is 1. The van der Waals surface area contributed by atoms with Crippen molar-refractivity contribution >= 4 is 21.6 Å². The summed E-state index contributed by atoms with van der Waals surface area (Å²) in [5.41, 5.74) is 3.92. The molecule has 0 bridgehead atoms. The van der Waals surface area contributed by atoms with Gasteiger partial charge in [-0.05, 0) is 60.7 Å². The van der Waals surface area contributed by atoms with Gasteiger partial charge in [-0.1, -0.05) is 32.0 Å². The Labute approximate surface area is 162 Å². The van der Waals surface area contributed by atoms with E-state index >= 15 is 0 Å². The molecule has 0 radical (unpaired) electrons. The van der Waals surface area contributed by atoms with Crippen LogP contribution in [0.15, 0.2) is 47.4 Å². The SMILES string of the molecule is CC(=O)N(CCNS(=O)(=O)c1ccc(C)c(C)c1)c1ccc(C(C)C)cc1. The van der Waals surface area contributed by atoms with Gasteiger partial charge in [0.25, 0.3) is 0 Å². The second-order valence-electron chi connectivity index (χ2n) is 7.06. The highest BCUT2D eigenvalue weighted by atomic mass is 32.2. The summed E-state index contributed by atoms with van der Waals surface area (Å²) in [5, 5.41) is 0. The van der Waals surface area contributed by atoms with Crippen LogP contribution in [-0.4, -0.2) is 27.4 Å². The molecule has 2 rings (SSSR count). The molecule has 0 spiro atoms. The van der Waals surface area contributed by atoms with Crippen molar-refractivity contribution in [2.24, 2.45) is 0 Å². The van der Waals surface area contributed by atoms with Gasteiger partial charge in [0.05, 0.1) is 4.90 Å². The van der Waals surface area contributed by atoms with E-state index in [1.54, 1.807) is 23.1 Å². The Morgan fingerprint density at radius 3 is 2.19 bits per heavy atom. The standard InChI is InChI=1S/C21H28N2O3S/c1-15(2)19-7-9-20(10-8-19)23(18(5)24)13-12-22-27(25,26)21-11-6-16(3)17(4)14-21/h6-11,14-15,22H,12-13H2,1-5H3. The third kappa shape index (κ3) is 5.40. The summed E-state index contributed by atoms with van der Waals surface area (Å²) in [6.07, 6.45) is 0. The van der Waals surface area contributed by atoms with E-state index in [2.05, 4.69) is 18.6 Å². The zero-order valence-electron chi connectivity index (χ0n) is 16.6. The fourth-order valence-corrected chi connectivity index (χ4v) is 3.87. The normalized spacial score (nSPS) is 11.6. The maximum Gasteiger partial charge on any atom is 0.240 e. The molecule has 27 heavy (non-hydrogen) atoms. The lowest BCUT2D eigenvalue weighted by Crippen LogP contribution is -2.37. The molecular weight excluding hydrogens is 360 g/mol. The number of carbonyl (C=O) groups excluding carboxylic acids is 1. The Morgan fingerprint density at radius 2 is 1.67 bits per heavy atom. The topological polar surface area (TPSA) is 66.5 Å². The van der Waals surface area contributed by atoms with Crippen LogP contribution in [-0.2, 0) is 14.8 Å². The van der Waals surface area contributed by atoms with Crippen molar-refractivity contribution in [1.82, 2.24) is 4.72 Å². The maximum atomic E-state index is 12.5. The summed E-state index contributed by atoms with van der Waals surface area (Å²) in [6, 6.07) is 12.8. The van der Waals surface area contributed by atoms with Gasteiger partial charge in [0.2, 0.25) is 15.9 Å². The quantitative estimate of drug-likeness (QED) is 0.785. The summed E-state index contributed by atoms with van der Waals surface area (Å²) in [7, 11) is -3.61. The molecule has 2 aromatic carbocycles. The number of nitrogens with zero attached hydrogens (tertiary/aromatic N) is 1. The highest BCUT2D eigenvalue weighted by Gasteiger charge is 2.17. The van der Waals surface area contributed by atoms with Gasteiger partial charge in [-0.25, -0.2) is 13.1 Å². The zero-order valence-corrected chi connectivity index (χ0v) is 17.4. The number of rotatable bonds is 7. The summed E-state index contributed by atoms with van der Waals surface area (Å²) >= 11 is 0. The van der Waals surface area contributed by atoms with Gasteiger partial charge in [0, 0.05) is 25.7 Å². The fourth-order valence-electron chi connectivity index (χ4n) is 2.76. The van der Waals surface area contributed by atoms with Crippen molar-refractivity contribution in [3.8, 4) is 0 Å². The molecule has 0 aliphatic rings. The van der Waals surface area contributed by atoms with E-state index in [4.69, 9.17) is 0 Å². The van der Waals surface area contributed by atoms with E-state index in [1.165, 1.54) is 12.5 Å². The van der Waals surface area contributed by atoms with Gasteiger partial charge in [-0.2, -0.15) is 0 Å². The van der Waals surface area contributed by atoms with Crippen molar-refractivity contribution in [1.29, 1.82) is 0 Å². The molecule has 6 heteroatoms. The van der Waals surface area contributed by atoms with Crippen molar-refractivity contribution in [2.75, 3.05) is 18.0 Å². The first-order chi connectivity index (χ1) is 12.6. The van der Waals surface area contributed by atoms with Gasteiger partial charge >= 0.3 is 0 Å². The van der Waals surface area contributed by atoms with Crippen LogP contribution in [0.4, 0.5) is 5.69 Å². The molecule has 0 heterocycles. The predicted octanol–water partition coefficient (Wildman–Crippen LogP) is 3.76. The number of benzene rings is 2. The number of hydrogen-bond acceptors (Lipinski definition) is 3. The minimum absolute atomic E-state index is 0.127. The lowest BCUT2D eigenvalue weighted by Gasteiger charge is -2.22. The second-order valence-corrected chi connectivity index (χ2v) is 8.83. The van der Waals surface area contributed by atoms with Crippen LogP contribution in [0, 0.1) is 13.8 Å². The third-order valence-corrected chi connectivity index (χ3v) is 6.13. The maximum absolute atomic E-state index is 12.5. The van der Waals surface area contributed by atoms with Gasteiger partial charge in [-0.15, -0.1) is 0 Å². The van der Waals surface area contributed by atoms with Crippen molar-refractivity contribution < 1.29 is 13.2 Å². The molecule has 0 aliphatic heterocycles. The van der Waals surface area contributed by atoms with Crippen molar-refractivity contribution in [3.05, 3.63) is 59.2 Å². The van der Waals surface area contributed by atoms with Crippen LogP contribution in [0.1, 0.15) is 43.4 Å². The summed E-state index contributed by atoms with van der Waals surface area (Å²) in [6.45, 7) is 9.93. The lowest BCUT2D eigenvalue weighted by atomic mass is 10.0. The Kier molecular flexibility index (Phi) is 6.78. The number of carbonyl (C=O) groups is 1. The average molecular weight is 389 g/mol. The van der Waals surface area contributed by atoms with E-state index in [0.29, 0.717) is 5.92 Å². The number of aryl methyl sites for hydroxylation is 2. The summed E-state index contributed by atoms with van der Waals surface area (Å²) in [5.74, 6) is 0.285. The molecule has 0 saturated heterocycles. The highest BCUT2D eigenvalue weighted by Crippen LogP contribution is 2.20. The van der Waals surface area contributed by atoms with E-state index in [0.717, 1.165) is 16.8 Å². The molecule has 146 valence electrons. The smallest absolute Gasteiger partial charge is 0.240 e. The van der Waals surface area contributed by atoms with E-state index in [-0.39, 0.29) is 23.9 Å². The Morgan fingerprint density at radius 1 is 1.04 bits per heavy atom. The molecular formula is C21H28N2O3S. The molecule has 1 N–H and O–H groups in total. The van der Waals surface area contributed by atoms with Gasteiger partial charge in [-0.3, -0.25) is 4.79 Å². The minimum atomic E-state index is -3.61. The number of nitrogens with one attached hydrogen (secondary N) is 1. The number of amides is 1. The molecule has 5 nitrogen and oxygen atoms in total. The highest BCUT2D eigenvalue weighted by molar-refractivity contribution is 7.89. The Hall–Kier alpha value is -2.18. The predicted molar refractivity (Wildman–Crippen MR) is 110 cm³/mol. The van der Waals surface area contributed by atoms with Gasteiger partial charge in [0.1, 0.15) is 0 Å². The molecule has 0 saturated carbocycles. The zero-order chi connectivity index (χ0) is 20.2. The second kappa shape index (κ2) is 8.67. The van der Waals surface area contributed by atoms with Crippen LogP contribution in [0.2, 0.25) is 0 Å². The Bertz CT molecular complexity index is 904. The molecule has 1 amide bonds. The van der Waals surface area contributed by atoms with Crippen LogP contribution in [0.25, 0.3) is 0 Å². The number of hydrogen-bond donors (Lipinski definition) is 1. The first-order valence-electron chi connectivity index (χ1n) is 9.07. The van der Waals surface area contributed by atoms with Crippen LogP contribution < -0.4 is 9.62 Å². The van der Waals surface area contributed by atoms with E-state index < -0.39 is 10.0 Å². The van der Waals surface area contributed by atoms with E-state index in [1.807, 2.05) is 38.1 Å². The van der Waals surface area contributed by atoms with Crippen molar-refractivity contribution in [2.45, 2.75) is 45.4 Å². The fraction of sp³-hybridized carbons (Fsp3) is 0.381. The van der Waals surface area contributed by atoms with Crippen LogP contribution in [0.3, 0.4) is 0 Å². The molecule has 0 aliphatic carbocycles. The molecule has 0 unspecified atom stereocenters. The third-order valence-electron chi connectivity index (χ3n) is 4.67. The van der Waals surface area contributed by atoms with Gasteiger partial charge in [0.15, 0.2) is 0 Å². The van der Waals surface area contributed by atoms with Crippen LogP contribution in [0.5, 0.6) is 0 Å². The largest absolute Gasteiger partial charge is 0.311 e. The molecule has 0 atom stereocenters. The van der Waals surface area contributed by atoms with E-state index in [9.17, 15) is 13.2 Å². The summed E-state index contributed by atoms with van der Waals surface area (Å²) < 4.78 is 27.6. The van der Waals surface area contributed by atoms with Crippen LogP contribution >= 0.6 is 0 Å². The average Bonchev–Trinajstić information content (AvgIpc) is 2.60. The first kappa shape index (κ1) is 21.1. The summed E-state index contributed by atoms with van der Waals surface area (Å²) in [4.78, 5) is 13.8. The Balaban J connectivity index is 2.07. The first-order valence-corrected chi connectivity index (χ1v) is 10.5. The lowest BCUT2D eigenvalue weighted by molar-refractivity contribution is -0.116. The molecule has 2 aromatic rings. The van der Waals surface area contributed by atoms with Crippen molar-refractivity contribution in [3.63, 3.8) is 0 Å². The molecule has 0 fully saturated rings. The monoisotopic (exact) mass is 388 g/mol. The number of anilines is 1. The minimum Gasteiger partial charge on any atom is -0.311 e.